The number of ether oxygens (including phenoxy) is 1. The zero-order valence-electron chi connectivity index (χ0n) is 16.1. The first kappa shape index (κ1) is 18.7. The van der Waals surface area contributed by atoms with E-state index in [0.29, 0.717) is 5.95 Å². The molecular weight excluding hydrogens is 336 g/mol. The fourth-order valence-electron chi connectivity index (χ4n) is 2.74. The van der Waals surface area contributed by atoms with Gasteiger partial charge in [0.05, 0.1) is 12.8 Å². The lowest BCUT2D eigenvalue weighted by atomic mass is 10.1. The molecule has 0 saturated carbocycles. The van der Waals surface area contributed by atoms with Crippen LogP contribution in [0.2, 0.25) is 0 Å². The van der Waals surface area contributed by atoms with Crippen LogP contribution in [-0.2, 0) is 6.42 Å². The van der Waals surface area contributed by atoms with Gasteiger partial charge in [0.15, 0.2) is 0 Å². The SMILES string of the molecule is COc1ccc(CCNc2cc(-c3ccccc3)nc(NC(C)C)n2)cc1. The summed E-state index contributed by atoms with van der Waals surface area (Å²) in [6.45, 7) is 4.95. The monoisotopic (exact) mass is 362 g/mol. The summed E-state index contributed by atoms with van der Waals surface area (Å²) < 4.78 is 5.20. The third kappa shape index (κ3) is 5.45. The van der Waals surface area contributed by atoms with E-state index in [4.69, 9.17) is 4.74 Å². The van der Waals surface area contributed by atoms with Crippen molar-refractivity contribution in [3.63, 3.8) is 0 Å². The van der Waals surface area contributed by atoms with Crippen molar-refractivity contribution >= 4 is 11.8 Å². The van der Waals surface area contributed by atoms with Crippen LogP contribution in [0.25, 0.3) is 11.3 Å². The van der Waals surface area contributed by atoms with Crippen LogP contribution in [0.4, 0.5) is 11.8 Å². The van der Waals surface area contributed by atoms with Crippen molar-refractivity contribution in [2.75, 3.05) is 24.3 Å². The van der Waals surface area contributed by atoms with Crippen molar-refractivity contribution in [3.05, 3.63) is 66.2 Å². The molecule has 1 heterocycles. The average molecular weight is 362 g/mol. The lowest BCUT2D eigenvalue weighted by Crippen LogP contribution is -2.14. The number of hydrogen-bond acceptors (Lipinski definition) is 5. The first-order valence-corrected chi connectivity index (χ1v) is 9.22. The normalized spacial score (nSPS) is 10.7. The van der Waals surface area contributed by atoms with E-state index in [1.807, 2.05) is 36.4 Å². The van der Waals surface area contributed by atoms with Gasteiger partial charge in [0, 0.05) is 24.2 Å². The van der Waals surface area contributed by atoms with Crippen LogP contribution in [0.3, 0.4) is 0 Å². The van der Waals surface area contributed by atoms with Crippen LogP contribution in [0.15, 0.2) is 60.7 Å². The average Bonchev–Trinajstić information content (AvgIpc) is 2.68. The van der Waals surface area contributed by atoms with E-state index in [9.17, 15) is 0 Å². The van der Waals surface area contributed by atoms with Crippen LogP contribution in [0, 0.1) is 0 Å². The molecule has 3 rings (SSSR count). The van der Waals surface area contributed by atoms with Crippen LogP contribution < -0.4 is 15.4 Å². The molecule has 0 radical (unpaired) electrons. The fraction of sp³-hybridized carbons (Fsp3) is 0.273. The quantitative estimate of drug-likeness (QED) is 0.612. The Morgan fingerprint density at radius 1 is 0.963 bits per heavy atom. The van der Waals surface area contributed by atoms with E-state index in [1.54, 1.807) is 7.11 Å². The van der Waals surface area contributed by atoms with Gasteiger partial charge >= 0.3 is 0 Å². The van der Waals surface area contributed by atoms with Gasteiger partial charge in [-0.05, 0) is 38.0 Å². The van der Waals surface area contributed by atoms with Gasteiger partial charge in [-0.25, -0.2) is 4.98 Å². The first-order chi connectivity index (χ1) is 13.1. The molecule has 3 aromatic rings. The molecular formula is C22H26N4O. The number of hydrogen-bond donors (Lipinski definition) is 2. The third-order valence-electron chi connectivity index (χ3n) is 4.09. The van der Waals surface area contributed by atoms with E-state index in [1.165, 1.54) is 5.56 Å². The van der Waals surface area contributed by atoms with Gasteiger partial charge < -0.3 is 15.4 Å². The minimum absolute atomic E-state index is 0.267. The molecule has 2 N–H and O–H groups in total. The second kappa shape index (κ2) is 9.03. The van der Waals surface area contributed by atoms with Gasteiger partial charge in [-0.2, -0.15) is 4.98 Å². The Morgan fingerprint density at radius 2 is 1.70 bits per heavy atom. The maximum atomic E-state index is 5.20. The van der Waals surface area contributed by atoms with E-state index in [-0.39, 0.29) is 6.04 Å². The standard InChI is InChI=1S/C22H26N4O/c1-16(2)24-22-25-20(18-7-5-4-6-8-18)15-21(26-22)23-14-13-17-9-11-19(27-3)12-10-17/h4-12,15-16H,13-14H2,1-3H3,(H2,23,24,25,26). The molecule has 5 nitrogen and oxygen atoms in total. The van der Waals surface area contributed by atoms with E-state index < -0.39 is 0 Å². The largest absolute Gasteiger partial charge is 0.497 e. The van der Waals surface area contributed by atoms with E-state index >= 15 is 0 Å². The third-order valence-corrected chi connectivity index (χ3v) is 4.09. The van der Waals surface area contributed by atoms with Crippen molar-refractivity contribution in [1.29, 1.82) is 0 Å². The molecule has 27 heavy (non-hydrogen) atoms. The maximum Gasteiger partial charge on any atom is 0.225 e. The molecule has 0 aliphatic rings. The number of benzene rings is 2. The Bertz CT molecular complexity index is 848. The molecule has 0 amide bonds. The molecule has 5 heteroatoms. The highest BCUT2D eigenvalue weighted by Gasteiger charge is 2.07. The van der Waals surface area contributed by atoms with Crippen LogP contribution >= 0.6 is 0 Å². The zero-order valence-corrected chi connectivity index (χ0v) is 16.1. The van der Waals surface area contributed by atoms with Crippen molar-refractivity contribution in [2.24, 2.45) is 0 Å². The summed E-state index contributed by atoms with van der Waals surface area (Å²) in [4.78, 5) is 9.26. The number of nitrogens with one attached hydrogen (secondary N) is 2. The second-order valence-corrected chi connectivity index (χ2v) is 6.65. The highest BCUT2D eigenvalue weighted by Crippen LogP contribution is 2.21. The Balaban J connectivity index is 1.72. The number of rotatable bonds is 8. The Hall–Kier alpha value is -3.08. The van der Waals surface area contributed by atoms with E-state index in [0.717, 1.165) is 35.8 Å². The van der Waals surface area contributed by atoms with Gasteiger partial charge in [-0.1, -0.05) is 42.5 Å². The molecule has 140 valence electrons. The first-order valence-electron chi connectivity index (χ1n) is 9.22. The number of nitrogens with zero attached hydrogens (tertiary/aromatic N) is 2. The van der Waals surface area contributed by atoms with Crippen molar-refractivity contribution < 1.29 is 4.74 Å². The zero-order chi connectivity index (χ0) is 19.1. The van der Waals surface area contributed by atoms with Crippen molar-refractivity contribution in [3.8, 4) is 17.0 Å². The van der Waals surface area contributed by atoms with Gasteiger partial charge in [-0.15, -0.1) is 0 Å². The van der Waals surface area contributed by atoms with Gasteiger partial charge in [0.2, 0.25) is 5.95 Å². The van der Waals surface area contributed by atoms with Crippen molar-refractivity contribution in [2.45, 2.75) is 26.3 Å². The topological polar surface area (TPSA) is 59.1 Å². The molecule has 0 atom stereocenters. The molecule has 1 aromatic heterocycles. The van der Waals surface area contributed by atoms with E-state index in [2.05, 4.69) is 58.7 Å². The summed E-state index contributed by atoms with van der Waals surface area (Å²) >= 11 is 0. The molecule has 0 aliphatic heterocycles. The Kier molecular flexibility index (Phi) is 6.26. The summed E-state index contributed by atoms with van der Waals surface area (Å²) in [5.41, 5.74) is 3.23. The van der Waals surface area contributed by atoms with Gasteiger partial charge in [0.1, 0.15) is 11.6 Å². The summed E-state index contributed by atoms with van der Waals surface area (Å²) in [5.74, 6) is 2.33. The smallest absolute Gasteiger partial charge is 0.225 e. The lowest BCUT2D eigenvalue weighted by Gasteiger charge is -2.13. The molecule has 2 aromatic carbocycles. The van der Waals surface area contributed by atoms with Crippen LogP contribution in [0.5, 0.6) is 5.75 Å². The highest BCUT2D eigenvalue weighted by molar-refractivity contribution is 5.64. The van der Waals surface area contributed by atoms with Crippen LogP contribution in [0.1, 0.15) is 19.4 Å². The lowest BCUT2D eigenvalue weighted by molar-refractivity contribution is 0.414. The van der Waals surface area contributed by atoms with Gasteiger partial charge in [-0.3, -0.25) is 0 Å². The van der Waals surface area contributed by atoms with Crippen LogP contribution in [-0.4, -0.2) is 29.7 Å². The number of anilines is 2. The fourth-order valence-corrected chi connectivity index (χ4v) is 2.74. The molecule has 0 fully saturated rings. The number of methoxy groups -OCH3 is 1. The summed E-state index contributed by atoms with van der Waals surface area (Å²) in [6.07, 6.45) is 0.904. The summed E-state index contributed by atoms with van der Waals surface area (Å²) in [5, 5.41) is 6.72. The molecule has 0 saturated heterocycles. The molecule has 0 unspecified atom stereocenters. The van der Waals surface area contributed by atoms with Crippen molar-refractivity contribution in [1.82, 2.24) is 9.97 Å². The Morgan fingerprint density at radius 3 is 2.37 bits per heavy atom. The Labute approximate surface area is 160 Å². The minimum Gasteiger partial charge on any atom is -0.497 e. The summed E-state index contributed by atoms with van der Waals surface area (Å²) in [7, 11) is 1.68. The van der Waals surface area contributed by atoms with Gasteiger partial charge in [0.25, 0.3) is 0 Å². The summed E-state index contributed by atoms with van der Waals surface area (Å²) in [6, 6.07) is 20.6. The molecule has 0 spiro atoms. The predicted molar refractivity (Wildman–Crippen MR) is 111 cm³/mol. The second-order valence-electron chi connectivity index (χ2n) is 6.65. The molecule has 0 aliphatic carbocycles. The predicted octanol–water partition coefficient (Wildman–Crippen LogP) is 4.63. The maximum absolute atomic E-state index is 5.20. The minimum atomic E-state index is 0.267. The molecule has 0 bridgehead atoms. The highest BCUT2D eigenvalue weighted by atomic mass is 16.5. The number of aromatic nitrogens is 2.